The number of benzene rings is 2. The number of primary amides is 1. The van der Waals surface area contributed by atoms with E-state index in [4.69, 9.17) is 22.1 Å². The highest BCUT2D eigenvalue weighted by Gasteiger charge is 2.25. The molecule has 8 heteroatoms. The van der Waals surface area contributed by atoms with E-state index in [1.54, 1.807) is 6.92 Å². The molecule has 2 saturated heterocycles. The number of piperidine rings is 1. The van der Waals surface area contributed by atoms with Crippen LogP contribution in [-0.4, -0.2) is 59.9 Å². The fraction of sp³-hybridized carbons (Fsp3) is 0.483. The van der Waals surface area contributed by atoms with Crippen LogP contribution in [0.3, 0.4) is 0 Å². The number of amides is 2. The van der Waals surface area contributed by atoms with E-state index in [2.05, 4.69) is 51.5 Å². The van der Waals surface area contributed by atoms with Crippen molar-refractivity contribution in [1.29, 1.82) is 0 Å². The zero-order chi connectivity index (χ0) is 26.2. The van der Waals surface area contributed by atoms with Gasteiger partial charge in [0.15, 0.2) is 0 Å². The van der Waals surface area contributed by atoms with E-state index in [0.717, 1.165) is 69.8 Å². The van der Waals surface area contributed by atoms with Gasteiger partial charge in [0.1, 0.15) is 11.9 Å². The maximum absolute atomic E-state index is 12.2. The van der Waals surface area contributed by atoms with Crippen LogP contribution in [0.25, 0.3) is 0 Å². The van der Waals surface area contributed by atoms with Crippen molar-refractivity contribution in [3.63, 3.8) is 0 Å². The van der Waals surface area contributed by atoms with Gasteiger partial charge in [0.2, 0.25) is 11.8 Å². The number of nitrogens with zero attached hydrogens (tertiary/aromatic N) is 2. The number of hydrogen-bond donors (Lipinski definition) is 2. The number of rotatable bonds is 11. The molecule has 2 heterocycles. The lowest BCUT2D eigenvalue weighted by Crippen LogP contribution is -2.37. The summed E-state index contributed by atoms with van der Waals surface area (Å²) < 4.78 is 6.27. The number of ether oxygens (including phenoxy) is 1. The smallest absolute Gasteiger partial charge is 0.224 e. The SMILES string of the molecule is C[C@@H](C[CH]C(=O)N[C@H]1CCN(Cc2ccc(OC3CCN(Cc4ccccc4)CC3)c(Cl)c2)C1)C(N)=O. The van der Waals surface area contributed by atoms with Crippen molar-refractivity contribution in [2.45, 2.75) is 57.8 Å². The molecule has 2 aliphatic heterocycles. The van der Waals surface area contributed by atoms with Gasteiger partial charge in [-0.25, -0.2) is 0 Å². The van der Waals surface area contributed by atoms with E-state index in [1.807, 2.05) is 12.1 Å². The highest BCUT2D eigenvalue weighted by atomic mass is 35.5. The number of nitrogens with one attached hydrogen (secondary N) is 1. The van der Waals surface area contributed by atoms with Crippen LogP contribution in [0.15, 0.2) is 48.5 Å². The second-order valence-electron chi connectivity index (χ2n) is 10.3. The quantitative estimate of drug-likeness (QED) is 0.466. The molecular weight excluding hydrogens is 488 g/mol. The largest absolute Gasteiger partial charge is 0.489 e. The van der Waals surface area contributed by atoms with Crippen molar-refractivity contribution < 1.29 is 14.3 Å². The van der Waals surface area contributed by atoms with Crippen LogP contribution in [0.5, 0.6) is 5.75 Å². The van der Waals surface area contributed by atoms with Gasteiger partial charge in [-0.3, -0.25) is 19.4 Å². The molecule has 2 aliphatic rings. The van der Waals surface area contributed by atoms with Crippen molar-refractivity contribution >= 4 is 23.4 Å². The molecule has 2 amide bonds. The van der Waals surface area contributed by atoms with Crippen LogP contribution in [-0.2, 0) is 22.7 Å². The number of hydrogen-bond acceptors (Lipinski definition) is 5. The Kier molecular flexibility index (Phi) is 9.83. The highest BCUT2D eigenvalue weighted by Crippen LogP contribution is 2.29. The Morgan fingerprint density at radius 2 is 1.76 bits per heavy atom. The van der Waals surface area contributed by atoms with Crippen LogP contribution < -0.4 is 15.8 Å². The molecule has 4 rings (SSSR count). The molecule has 0 aromatic heterocycles. The molecule has 2 atom stereocenters. The number of carbonyl (C=O) groups excluding carboxylic acids is 2. The molecule has 37 heavy (non-hydrogen) atoms. The molecule has 2 aromatic carbocycles. The highest BCUT2D eigenvalue weighted by molar-refractivity contribution is 6.32. The molecule has 1 radical (unpaired) electrons. The van der Waals surface area contributed by atoms with E-state index in [-0.39, 0.29) is 24.0 Å². The van der Waals surface area contributed by atoms with Crippen LogP contribution in [0, 0.1) is 12.3 Å². The predicted molar refractivity (Wildman–Crippen MR) is 146 cm³/mol. The molecule has 0 spiro atoms. The van der Waals surface area contributed by atoms with Gasteiger partial charge in [-0.15, -0.1) is 0 Å². The van der Waals surface area contributed by atoms with Crippen molar-refractivity contribution in [2.75, 3.05) is 26.2 Å². The lowest BCUT2D eigenvalue weighted by atomic mass is 10.0. The molecule has 0 saturated carbocycles. The summed E-state index contributed by atoms with van der Waals surface area (Å²) in [6.45, 7) is 7.19. The summed E-state index contributed by atoms with van der Waals surface area (Å²) in [7, 11) is 0. The van der Waals surface area contributed by atoms with Crippen LogP contribution in [0.4, 0.5) is 0 Å². The molecule has 199 valence electrons. The van der Waals surface area contributed by atoms with Gasteiger partial charge in [0.05, 0.1) is 11.4 Å². The lowest BCUT2D eigenvalue weighted by Gasteiger charge is -2.32. The first-order chi connectivity index (χ1) is 17.9. The maximum Gasteiger partial charge on any atom is 0.224 e. The molecule has 0 aliphatic carbocycles. The Morgan fingerprint density at radius 1 is 1.05 bits per heavy atom. The zero-order valence-electron chi connectivity index (χ0n) is 21.6. The molecule has 2 fully saturated rings. The van der Waals surface area contributed by atoms with Crippen LogP contribution >= 0.6 is 11.6 Å². The van der Waals surface area contributed by atoms with Crippen LogP contribution in [0.2, 0.25) is 5.02 Å². The lowest BCUT2D eigenvalue weighted by molar-refractivity contribution is -0.121. The topological polar surface area (TPSA) is 87.9 Å². The Labute approximate surface area is 225 Å². The van der Waals surface area contributed by atoms with Gasteiger partial charge in [-0.1, -0.05) is 54.9 Å². The second kappa shape index (κ2) is 13.3. The molecule has 2 aromatic rings. The minimum atomic E-state index is -0.393. The Balaban J connectivity index is 1.18. The Morgan fingerprint density at radius 3 is 2.46 bits per heavy atom. The van der Waals surface area contributed by atoms with Gasteiger partial charge >= 0.3 is 0 Å². The summed E-state index contributed by atoms with van der Waals surface area (Å²) in [6, 6.07) is 16.7. The Hall–Kier alpha value is -2.61. The Bertz CT molecular complexity index is 1040. The summed E-state index contributed by atoms with van der Waals surface area (Å²) in [5, 5.41) is 3.68. The zero-order valence-corrected chi connectivity index (χ0v) is 22.3. The van der Waals surface area contributed by atoms with Gasteiger partial charge in [-0.05, 0) is 48.9 Å². The van der Waals surface area contributed by atoms with E-state index in [9.17, 15) is 9.59 Å². The summed E-state index contributed by atoms with van der Waals surface area (Å²) in [5.41, 5.74) is 7.73. The first-order valence-electron chi connectivity index (χ1n) is 13.2. The number of carbonyl (C=O) groups is 2. The minimum absolute atomic E-state index is 0.0958. The number of likely N-dealkylation sites (tertiary alicyclic amines) is 2. The standard InChI is InChI=1S/C29H38ClN4O3/c1-21(29(31)36)7-10-28(35)32-24-11-14-34(20-24)19-23-8-9-27(26(30)17-23)37-25-12-15-33(16-13-25)18-22-5-3-2-4-6-22/h2-6,8-10,17,21,24-25H,7,11-16,18-20H2,1H3,(H2,31,36)(H,32,35)/t21-,24-/m0/s1. The predicted octanol–water partition coefficient (Wildman–Crippen LogP) is 3.79. The molecule has 3 N–H and O–H groups in total. The molecule has 7 nitrogen and oxygen atoms in total. The van der Waals surface area contributed by atoms with E-state index < -0.39 is 5.91 Å². The fourth-order valence-corrected chi connectivity index (χ4v) is 5.20. The molecule has 0 unspecified atom stereocenters. The average Bonchev–Trinajstić information content (AvgIpc) is 3.32. The number of nitrogens with two attached hydrogens (primary N) is 1. The summed E-state index contributed by atoms with van der Waals surface area (Å²) in [4.78, 5) is 28.1. The monoisotopic (exact) mass is 525 g/mol. The first kappa shape index (κ1) is 27.4. The van der Waals surface area contributed by atoms with E-state index in [1.165, 1.54) is 12.0 Å². The molecule has 0 bridgehead atoms. The van der Waals surface area contributed by atoms with Gasteiger partial charge in [0.25, 0.3) is 0 Å². The fourth-order valence-electron chi connectivity index (χ4n) is 4.96. The first-order valence-corrected chi connectivity index (χ1v) is 13.6. The van der Waals surface area contributed by atoms with Gasteiger partial charge in [0, 0.05) is 51.2 Å². The third-order valence-electron chi connectivity index (χ3n) is 7.24. The summed E-state index contributed by atoms with van der Waals surface area (Å²) in [5.74, 6) is -0.125. The van der Waals surface area contributed by atoms with E-state index in [0.29, 0.717) is 11.4 Å². The van der Waals surface area contributed by atoms with E-state index >= 15 is 0 Å². The number of halogens is 1. The normalized spacial score (nSPS) is 20.0. The van der Waals surface area contributed by atoms with Crippen LogP contribution in [0.1, 0.15) is 43.7 Å². The van der Waals surface area contributed by atoms with Gasteiger partial charge in [-0.2, -0.15) is 0 Å². The van der Waals surface area contributed by atoms with Crippen molar-refractivity contribution in [2.24, 2.45) is 11.7 Å². The van der Waals surface area contributed by atoms with Crippen molar-refractivity contribution in [1.82, 2.24) is 15.1 Å². The van der Waals surface area contributed by atoms with Gasteiger partial charge < -0.3 is 15.8 Å². The second-order valence-corrected chi connectivity index (χ2v) is 10.7. The summed E-state index contributed by atoms with van der Waals surface area (Å²) in [6.07, 6.45) is 4.93. The maximum atomic E-state index is 12.2. The molecular formula is C29H38ClN4O3. The average molecular weight is 526 g/mol. The minimum Gasteiger partial charge on any atom is -0.489 e. The third kappa shape index (κ3) is 8.45. The third-order valence-corrected chi connectivity index (χ3v) is 7.54. The van der Waals surface area contributed by atoms with Crippen molar-refractivity contribution in [3.8, 4) is 5.75 Å². The van der Waals surface area contributed by atoms with Crippen molar-refractivity contribution in [3.05, 3.63) is 71.1 Å². The summed E-state index contributed by atoms with van der Waals surface area (Å²) >= 11 is 6.60.